The Hall–Kier alpha value is -0.870. The van der Waals surface area contributed by atoms with E-state index in [0.29, 0.717) is 0 Å². The summed E-state index contributed by atoms with van der Waals surface area (Å²) < 4.78 is 7.65. The van der Waals surface area contributed by atoms with Crippen LogP contribution in [0.1, 0.15) is 45.7 Å². The zero-order valence-electron chi connectivity index (χ0n) is 11.3. The molecule has 0 aromatic carbocycles. The number of aryl methyl sites for hydroxylation is 1. The second-order valence-electron chi connectivity index (χ2n) is 5.01. The first-order valence-corrected chi connectivity index (χ1v) is 6.43. The smallest absolute Gasteiger partial charge is 0.0948 e. The van der Waals surface area contributed by atoms with Gasteiger partial charge in [-0.25, -0.2) is 4.98 Å². The standard InChI is InChI=1S/C13H25N3O/c1-4-5-8-17-9-6-7-16-11-15-10-12(16)13(2,3)14/h10-11H,4-9,14H2,1-3H3. The van der Waals surface area contributed by atoms with Gasteiger partial charge < -0.3 is 15.0 Å². The highest BCUT2D eigenvalue weighted by atomic mass is 16.5. The lowest BCUT2D eigenvalue weighted by Gasteiger charge is -2.20. The van der Waals surface area contributed by atoms with E-state index in [2.05, 4.69) is 16.5 Å². The van der Waals surface area contributed by atoms with E-state index < -0.39 is 0 Å². The maximum absolute atomic E-state index is 6.08. The largest absolute Gasteiger partial charge is 0.381 e. The van der Waals surface area contributed by atoms with Gasteiger partial charge in [-0.2, -0.15) is 0 Å². The number of nitrogens with two attached hydrogens (primary N) is 1. The summed E-state index contributed by atoms with van der Waals surface area (Å²) >= 11 is 0. The molecule has 0 bridgehead atoms. The molecule has 0 radical (unpaired) electrons. The predicted octanol–water partition coefficient (Wildman–Crippen LogP) is 2.28. The molecule has 98 valence electrons. The number of aromatic nitrogens is 2. The quantitative estimate of drug-likeness (QED) is 0.708. The number of rotatable bonds is 8. The summed E-state index contributed by atoms with van der Waals surface area (Å²) in [7, 11) is 0. The maximum Gasteiger partial charge on any atom is 0.0948 e. The third kappa shape index (κ3) is 4.88. The molecule has 0 spiro atoms. The van der Waals surface area contributed by atoms with Crippen LogP contribution in [0.2, 0.25) is 0 Å². The summed E-state index contributed by atoms with van der Waals surface area (Å²) in [6.07, 6.45) is 7.02. The van der Waals surface area contributed by atoms with E-state index in [-0.39, 0.29) is 5.54 Å². The minimum atomic E-state index is -0.334. The van der Waals surface area contributed by atoms with Crippen molar-refractivity contribution in [3.63, 3.8) is 0 Å². The summed E-state index contributed by atoms with van der Waals surface area (Å²) in [5, 5.41) is 0. The first-order valence-electron chi connectivity index (χ1n) is 6.43. The second-order valence-corrected chi connectivity index (χ2v) is 5.01. The van der Waals surface area contributed by atoms with Crippen LogP contribution in [0.15, 0.2) is 12.5 Å². The van der Waals surface area contributed by atoms with E-state index in [9.17, 15) is 0 Å². The van der Waals surface area contributed by atoms with Crippen molar-refractivity contribution in [3.05, 3.63) is 18.2 Å². The van der Waals surface area contributed by atoms with Crippen LogP contribution in [0.25, 0.3) is 0 Å². The van der Waals surface area contributed by atoms with E-state index in [1.807, 2.05) is 26.4 Å². The number of hydrogen-bond acceptors (Lipinski definition) is 3. The lowest BCUT2D eigenvalue weighted by molar-refractivity contribution is 0.125. The molecule has 0 amide bonds. The molecular weight excluding hydrogens is 214 g/mol. The van der Waals surface area contributed by atoms with Crippen molar-refractivity contribution in [2.45, 2.75) is 52.1 Å². The lowest BCUT2D eigenvalue weighted by Crippen LogP contribution is -2.31. The van der Waals surface area contributed by atoms with E-state index in [0.717, 1.165) is 38.3 Å². The summed E-state index contributed by atoms with van der Waals surface area (Å²) in [6, 6.07) is 0. The Morgan fingerprint density at radius 3 is 2.71 bits per heavy atom. The molecule has 0 aliphatic carbocycles. The van der Waals surface area contributed by atoms with Gasteiger partial charge in [0, 0.05) is 26.0 Å². The minimum Gasteiger partial charge on any atom is -0.381 e. The minimum absolute atomic E-state index is 0.334. The lowest BCUT2D eigenvalue weighted by atomic mass is 10.0. The van der Waals surface area contributed by atoms with Crippen molar-refractivity contribution in [1.82, 2.24) is 9.55 Å². The molecule has 0 unspecified atom stereocenters. The van der Waals surface area contributed by atoms with Gasteiger partial charge in [-0.3, -0.25) is 0 Å². The molecule has 1 aromatic heterocycles. The average Bonchev–Trinajstić information content (AvgIpc) is 2.71. The normalized spacial score (nSPS) is 12.0. The topological polar surface area (TPSA) is 53.1 Å². The maximum atomic E-state index is 6.08. The Kier molecular flexibility index (Phi) is 5.65. The van der Waals surface area contributed by atoms with Gasteiger partial charge in [0.05, 0.1) is 17.6 Å². The fourth-order valence-electron chi connectivity index (χ4n) is 1.72. The van der Waals surface area contributed by atoms with Crippen LogP contribution in [0, 0.1) is 0 Å². The molecule has 17 heavy (non-hydrogen) atoms. The highest BCUT2D eigenvalue weighted by Gasteiger charge is 2.18. The Balaban J connectivity index is 2.30. The Morgan fingerprint density at radius 1 is 1.35 bits per heavy atom. The highest BCUT2D eigenvalue weighted by molar-refractivity contribution is 5.09. The van der Waals surface area contributed by atoms with Crippen molar-refractivity contribution in [2.24, 2.45) is 5.73 Å². The third-order valence-electron chi connectivity index (χ3n) is 2.70. The molecule has 0 atom stereocenters. The fourth-order valence-corrected chi connectivity index (χ4v) is 1.72. The second kappa shape index (κ2) is 6.77. The van der Waals surface area contributed by atoms with Crippen LogP contribution in [0.4, 0.5) is 0 Å². The van der Waals surface area contributed by atoms with Crippen LogP contribution in [0.5, 0.6) is 0 Å². The summed E-state index contributed by atoms with van der Waals surface area (Å²) in [5.41, 5.74) is 6.82. The number of imidazole rings is 1. The molecule has 1 rings (SSSR count). The average molecular weight is 239 g/mol. The molecule has 2 N–H and O–H groups in total. The highest BCUT2D eigenvalue weighted by Crippen LogP contribution is 2.16. The monoisotopic (exact) mass is 239 g/mol. The zero-order valence-corrected chi connectivity index (χ0v) is 11.3. The fraction of sp³-hybridized carbons (Fsp3) is 0.769. The van der Waals surface area contributed by atoms with E-state index in [4.69, 9.17) is 10.5 Å². The molecule has 4 nitrogen and oxygen atoms in total. The molecule has 0 saturated heterocycles. The van der Waals surface area contributed by atoms with Gasteiger partial charge in [-0.1, -0.05) is 13.3 Å². The van der Waals surface area contributed by atoms with Crippen molar-refractivity contribution in [2.75, 3.05) is 13.2 Å². The van der Waals surface area contributed by atoms with Crippen LogP contribution in [-0.4, -0.2) is 22.8 Å². The van der Waals surface area contributed by atoms with Crippen LogP contribution in [0.3, 0.4) is 0 Å². The van der Waals surface area contributed by atoms with Gasteiger partial charge in [-0.05, 0) is 26.7 Å². The molecular formula is C13H25N3O. The summed E-state index contributed by atoms with van der Waals surface area (Å²) in [6.45, 7) is 8.77. The zero-order chi connectivity index (χ0) is 12.7. The van der Waals surface area contributed by atoms with Crippen molar-refractivity contribution in [1.29, 1.82) is 0 Å². The van der Waals surface area contributed by atoms with Gasteiger partial charge in [-0.15, -0.1) is 0 Å². The van der Waals surface area contributed by atoms with Crippen LogP contribution < -0.4 is 5.73 Å². The van der Waals surface area contributed by atoms with Gasteiger partial charge in [0.25, 0.3) is 0 Å². The molecule has 0 aliphatic heterocycles. The third-order valence-corrected chi connectivity index (χ3v) is 2.70. The number of nitrogens with zero attached hydrogens (tertiary/aromatic N) is 2. The van der Waals surface area contributed by atoms with E-state index in [1.165, 1.54) is 6.42 Å². The molecule has 1 aromatic rings. The summed E-state index contributed by atoms with van der Waals surface area (Å²) in [4.78, 5) is 4.16. The van der Waals surface area contributed by atoms with E-state index >= 15 is 0 Å². The SMILES string of the molecule is CCCCOCCCn1cncc1C(C)(C)N. The van der Waals surface area contributed by atoms with Gasteiger partial charge in [0.1, 0.15) is 0 Å². The predicted molar refractivity (Wildman–Crippen MR) is 69.8 cm³/mol. The molecule has 0 aliphatic rings. The number of unbranched alkanes of at least 4 members (excludes halogenated alkanes) is 1. The molecule has 4 heteroatoms. The van der Waals surface area contributed by atoms with Gasteiger partial charge in [0.15, 0.2) is 0 Å². The molecule has 1 heterocycles. The van der Waals surface area contributed by atoms with Crippen molar-refractivity contribution in [3.8, 4) is 0 Å². The van der Waals surface area contributed by atoms with Crippen LogP contribution in [-0.2, 0) is 16.8 Å². The van der Waals surface area contributed by atoms with E-state index in [1.54, 1.807) is 0 Å². The first kappa shape index (κ1) is 14.2. The summed E-state index contributed by atoms with van der Waals surface area (Å²) in [5.74, 6) is 0. The molecule has 0 saturated carbocycles. The Labute approximate surface area is 104 Å². The Morgan fingerprint density at radius 2 is 2.06 bits per heavy atom. The van der Waals surface area contributed by atoms with Crippen molar-refractivity contribution < 1.29 is 4.74 Å². The molecule has 0 fully saturated rings. The first-order chi connectivity index (χ1) is 8.05. The van der Waals surface area contributed by atoms with Crippen LogP contribution >= 0.6 is 0 Å². The number of hydrogen-bond donors (Lipinski definition) is 1. The van der Waals surface area contributed by atoms with Gasteiger partial charge in [0.2, 0.25) is 0 Å². The Bertz CT molecular complexity index is 315. The van der Waals surface area contributed by atoms with Gasteiger partial charge >= 0.3 is 0 Å². The van der Waals surface area contributed by atoms with Crippen molar-refractivity contribution >= 4 is 0 Å². The number of ether oxygens (including phenoxy) is 1.